The Morgan fingerprint density at radius 3 is 2.71 bits per heavy atom. The van der Waals surface area contributed by atoms with Gasteiger partial charge in [-0.1, -0.05) is 0 Å². The molecule has 0 aromatic carbocycles. The summed E-state index contributed by atoms with van der Waals surface area (Å²) < 4.78 is 0. The third-order valence-corrected chi connectivity index (χ3v) is 5.11. The summed E-state index contributed by atoms with van der Waals surface area (Å²) in [6.45, 7) is 3.73. The van der Waals surface area contributed by atoms with Gasteiger partial charge in [0.15, 0.2) is 0 Å². The van der Waals surface area contributed by atoms with Crippen LogP contribution in [0.15, 0.2) is 12.4 Å². The first-order valence-corrected chi connectivity index (χ1v) is 8.94. The SMILES string of the molecule is O=C(c1cc(N2CCCCC2)ncn1)N1CCCSCC1. The van der Waals surface area contributed by atoms with Crippen molar-refractivity contribution < 1.29 is 4.79 Å². The Morgan fingerprint density at radius 2 is 1.86 bits per heavy atom. The highest BCUT2D eigenvalue weighted by Crippen LogP contribution is 2.19. The van der Waals surface area contributed by atoms with Crippen LogP contribution in [0.25, 0.3) is 0 Å². The number of hydrogen-bond acceptors (Lipinski definition) is 5. The zero-order valence-electron chi connectivity index (χ0n) is 12.3. The van der Waals surface area contributed by atoms with E-state index in [1.807, 2.05) is 22.7 Å². The van der Waals surface area contributed by atoms with Crippen molar-refractivity contribution in [1.29, 1.82) is 0 Å². The van der Waals surface area contributed by atoms with Gasteiger partial charge in [-0.05, 0) is 31.4 Å². The molecule has 2 fully saturated rings. The zero-order valence-corrected chi connectivity index (χ0v) is 13.1. The molecule has 0 bridgehead atoms. The molecule has 3 heterocycles. The van der Waals surface area contributed by atoms with Gasteiger partial charge in [0.1, 0.15) is 17.8 Å². The summed E-state index contributed by atoms with van der Waals surface area (Å²) in [6.07, 6.45) is 6.30. The summed E-state index contributed by atoms with van der Waals surface area (Å²) in [7, 11) is 0. The summed E-state index contributed by atoms with van der Waals surface area (Å²) in [5, 5.41) is 0. The number of carbonyl (C=O) groups is 1. The maximum atomic E-state index is 12.6. The second kappa shape index (κ2) is 7.11. The molecular formula is C15H22N4OS. The molecule has 0 radical (unpaired) electrons. The van der Waals surface area contributed by atoms with Crippen LogP contribution < -0.4 is 4.90 Å². The van der Waals surface area contributed by atoms with Crippen molar-refractivity contribution in [3.05, 3.63) is 18.1 Å². The van der Waals surface area contributed by atoms with E-state index in [9.17, 15) is 4.79 Å². The van der Waals surface area contributed by atoms with Gasteiger partial charge in [-0.15, -0.1) is 0 Å². The van der Waals surface area contributed by atoms with Crippen molar-refractivity contribution in [1.82, 2.24) is 14.9 Å². The van der Waals surface area contributed by atoms with Crippen molar-refractivity contribution >= 4 is 23.5 Å². The number of piperidine rings is 1. The molecule has 1 aromatic heterocycles. The van der Waals surface area contributed by atoms with Gasteiger partial charge in [-0.25, -0.2) is 9.97 Å². The van der Waals surface area contributed by atoms with Crippen molar-refractivity contribution in [2.45, 2.75) is 25.7 Å². The van der Waals surface area contributed by atoms with Crippen LogP contribution in [0.5, 0.6) is 0 Å². The molecule has 0 spiro atoms. The predicted molar refractivity (Wildman–Crippen MR) is 85.9 cm³/mol. The Hall–Kier alpha value is -1.30. The zero-order chi connectivity index (χ0) is 14.5. The average molecular weight is 306 g/mol. The minimum atomic E-state index is 0.0539. The molecule has 0 atom stereocenters. The van der Waals surface area contributed by atoms with Gasteiger partial charge in [0.2, 0.25) is 0 Å². The van der Waals surface area contributed by atoms with E-state index >= 15 is 0 Å². The van der Waals surface area contributed by atoms with Crippen LogP contribution in [0.3, 0.4) is 0 Å². The standard InChI is InChI=1S/C15H22N4OS/c20-15(19-7-4-9-21-10-8-19)13-11-14(17-12-16-13)18-5-2-1-3-6-18/h11-12H,1-10H2. The van der Waals surface area contributed by atoms with Gasteiger partial charge in [-0.2, -0.15) is 11.8 Å². The van der Waals surface area contributed by atoms with Crippen LogP contribution in [0.2, 0.25) is 0 Å². The smallest absolute Gasteiger partial charge is 0.272 e. The minimum absolute atomic E-state index is 0.0539. The van der Waals surface area contributed by atoms with Crippen LogP contribution in [-0.4, -0.2) is 58.5 Å². The molecule has 0 N–H and O–H groups in total. The lowest BCUT2D eigenvalue weighted by Gasteiger charge is -2.28. The molecule has 21 heavy (non-hydrogen) atoms. The number of anilines is 1. The van der Waals surface area contributed by atoms with E-state index < -0.39 is 0 Å². The van der Waals surface area contributed by atoms with Gasteiger partial charge >= 0.3 is 0 Å². The fourth-order valence-electron chi connectivity index (χ4n) is 2.87. The van der Waals surface area contributed by atoms with E-state index in [1.165, 1.54) is 25.6 Å². The summed E-state index contributed by atoms with van der Waals surface area (Å²) in [5.74, 6) is 3.12. The summed E-state index contributed by atoms with van der Waals surface area (Å²) in [5.41, 5.74) is 0.539. The molecule has 2 aliphatic rings. The highest BCUT2D eigenvalue weighted by molar-refractivity contribution is 7.99. The quantitative estimate of drug-likeness (QED) is 0.837. The Morgan fingerprint density at radius 1 is 1.00 bits per heavy atom. The third-order valence-electron chi connectivity index (χ3n) is 4.06. The van der Waals surface area contributed by atoms with Crippen LogP contribution >= 0.6 is 11.8 Å². The van der Waals surface area contributed by atoms with Gasteiger partial charge in [0.05, 0.1) is 0 Å². The van der Waals surface area contributed by atoms with Crippen molar-refractivity contribution in [2.75, 3.05) is 42.6 Å². The highest BCUT2D eigenvalue weighted by Gasteiger charge is 2.20. The molecule has 3 rings (SSSR count). The molecular weight excluding hydrogens is 284 g/mol. The maximum absolute atomic E-state index is 12.6. The Labute approximate surface area is 130 Å². The Bertz CT molecular complexity index is 482. The van der Waals surface area contributed by atoms with E-state index in [-0.39, 0.29) is 5.91 Å². The number of aromatic nitrogens is 2. The van der Waals surface area contributed by atoms with Crippen molar-refractivity contribution in [3.8, 4) is 0 Å². The van der Waals surface area contributed by atoms with Crippen molar-refractivity contribution in [3.63, 3.8) is 0 Å². The lowest BCUT2D eigenvalue weighted by atomic mass is 10.1. The van der Waals surface area contributed by atoms with E-state index in [2.05, 4.69) is 14.9 Å². The molecule has 114 valence electrons. The molecule has 5 nitrogen and oxygen atoms in total. The first kappa shape index (κ1) is 14.6. The number of amides is 1. The fourth-order valence-corrected chi connectivity index (χ4v) is 3.76. The van der Waals surface area contributed by atoms with Crippen LogP contribution in [0, 0.1) is 0 Å². The maximum Gasteiger partial charge on any atom is 0.272 e. The second-order valence-corrected chi connectivity index (χ2v) is 6.79. The fraction of sp³-hybridized carbons (Fsp3) is 0.667. The number of hydrogen-bond donors (Lipinski definition) is 0. The second-order valence-electron chi connectivity index (χ2n) is 5.57. The lowest BCUT2D eigenvalue weighted by Crippen LogP contribution is -2.34. The van der Waals surface area contributed by atoms with Gasteiger partial charge in [0, 0.05) is 38.0 Å². The largest absolute Gasteiger partial charge is 0.357 e. The monoisotopic (exact) mass is 306 g/mol. The molecule has 1 amide bonds. The van der Waals surface area contributed by atoms with E-state index in [1.54, 1.807) is 0 Å². The topological polar surface area (TPSA) is 49.3 Å². The van der Waals surface area contributed by atoms with Crippen molar-refractivity contribution in [2.24, 2.45) is 0 Å². The Kier molecular flexibility index (Phi) is 4.95. The molecule has 2 aliphatic heterocycles. The number of rotatable bonds is 2. The molecule has 1 aromatic rings. The van der Waals surface area contributed by atoms with E-state index in [4.69, 9.17) is 0 Å². The summed E-state index contributed by atoms with van der Waals surface area (Å²) in [6, 6.07) is 1.87. The predicted octanol–water partition coefficient (Wildman–Crippen LogP) is 2.05. The number of thioether (sulfide) groups is 1. The van der Waals surface area contributed by atoms with Crippen LogP contribution in [-0.2, 0) is 0 Å². The van der Waals surface area contributed by atoms with Crippen LogP contribution in [0.4, 0.5) is 5.82 Å². The number of nitrogens with zero attached hydrogens (tertiary/aromatic N) is 4. The third kappa shape index (κ3) is 3.67. The summed E-state index contributed by atoms with van der Waals surface area (Å²) >= 11 is 1.92. The molecule has 0 saturated carbocycles. The van der Waals surface area contributed by atoms with Crippen LogP contribution in [0.1, 0.15) is 36.2 Å². The molecule has 2 saturated heterocycles. The first-order valence-electron chi connectivity index (χ1n) is 7.78. The lowest BCUT2D eigenvalue weighted by molar-refractivity contribution is 0.0762. The highest BCUT2D eigenvalue weighted by atomic mass is 32.2. The van der Waals surface area contributed by atoms with E-state index in [0.29, 0.717) is 5.69 Å². The molecule has 6 heteroatoms. The normalized spacial score (nSPS) is 20.2. The Balaban J connectivity index is 1.73. The number of carbonyl (C=O) groups excluding carboxylic acids is 1. The molecule has 0 aliphatic carbocycles. The average Bonchev–Trinajstić information content (AvgIpc) is 2.84. The summed E-state index contributed by atoms with van der Waals surface area (Å²) in [4.78, 5) is 25.3. The van der Waals surface area contributed by atoms with Gasteiger partial charge in [-0.3, -0.25) is 4.79 Å². The minimum Gasteiger partial charge on any atom is -0.357 e. The first-order chi connectivity index (χ1) is 10.3. The molecule has 0 unspecified atom stereocenters. The van der Waals surface area contributed by atoms with E-state index in [0.717, 1.165) is 49.9 Å². The van der Waals surface area contributed by atoms with Gasteiger partial charge in [0.25, 0.3) is 5.91 Å². The van der Waals surface area contributed by atoms with Gasteiger partial charge < -0.3 is 9.80 Å².